The van der Waals surface area contributed by atoms with Crippen LogP contribution in [0.1, 0.15) is 20.8 Å². The fourth-order valence-electron chi connectivity index (χ4n) is 3.00. The highest BCUT2D eigenvalue weighted by Crippen LogP contribution is 2.52. The highest BCUT2D eigenvalue weighted by molar-refractivity contribution is 9.10. The molecule has 0 fully saturated rings. The largest absolute Gasteiger partial charge is 0.461 e. The van der Waals surface area contributed by atoms with E-state index in [4.69, 9.17) is 4.74 Å². The summed E-state index contributed by atoms with van der Waals surface area (Å²) in [5.41, 5.74) is 2.48. The first-order valence-corrected chi connectivity index (χ1v) is 11.4. The number of carbonyl (C=O) groups is 1. The van der Waals surface area contributed by atoms with Crippen LogP contribution in [0.15, 0.2) is 72.8 Å². The van der Waals surface area contributed by atoms with E-state index in [0.29, 0.717) is 0 Å². The minimum absolute atomic E-state index is 0.155. The van der Waals surface area contributed by atoms with Gasteiger partial charge in [0.05, 0.1) is 0 Å². The number of carbonyl (C=O) groups excluding carboxylic acids is 1. The zero-order valence-electron chi connectivity index (χ0n) is 15.9. The number of benzene rings is 2. The molecule has 0 radical (unpaired) electrons. The molecule has 4 heteroatoms. The van der Waals surface area contributed by atoms with Crippen molar-refractivity contribution in [2.45, 2.75) is 37.4 Å². The summed E-state index contributed by atoms with van der Waals surface area (Å²) in [5, 5.41) is 2.68. The van der Waals surface area contributed by atoms with Gasteiger partial charge in [-0.25, -0.2) is 0 Å². The molecule has 1 aromatic heterocycles. The monoisotopic (exact) mass is 442 g/mol. The second kappa shape index (κ2) is 8.46. The summed E-state index contributed by atoms with van der Waals surface area (Å²) >= 11 is 3.39. The van der Waals surface area contributed by atoms with Crippen LogP contribution in [0, 0.1) is 0 Å². The second-order valence-corrected chi connectivity index (χ2v) is 11.3. The number of alkyl halides is 1. The molecule has 0 bridgehead atoms. The summed E-state index contributed by atoms with van der Waals surface area (Å²) < 4.78 is 5.05. The summed E-state index contributed by atoms with van der Waals surface area (Å²) in [6, 6.07) is 25.4. The van der Waals surface area contributed by atoms with Gasteiger partial charge in [0.2, 0.25) is 0 Å². The lowest BCUT2D eigenvalue weighted by molar-refractivity contribution is -0.149. The molecule has 0 aliphatic heterocycles. The summed E-state index contributed by atoms with van der Waals surface area (Å²) in [6.07, 6.45) is 0.656. The molecule has 1 atom stereocenters. The summed E-state index contributed by atoms with van der Waals surface area (Å²) in [4.78, 5) is 12.3. The molecule has 3 aromatic rings. The third-order valence-corrected chi connectivity index (χ3v) is 7.53. The van der Waals surface area contributed by atoms with Crippen LogP contribution in [0.25, 0.3) is 21.7 Å². The number of halogens is 1. The van der Waals surface area contributed by atoms with E-state index in [1.165, 1.54) is 21.7 Å². The third kappa shape index (κ3) is 4.91. The molecule has 2 aromatic carbocycles. The van der Waals surface area contributed by atoms with E-state index in [1.807, 2.05) is 32.9 Å². The van der Waals surface area contributed by atoms with Gasteiger partial charge in [-0.1, -0.05) is 76.6 Å². The van der Waals surface area contributed by atoms with Crippen LogP contribution in [0.4, 0.5) is 0 Å². The van der Waals surface area contributed by atoms with Crippen molar-refractivity contribution in [2.75, 3.05) is 0 Å². The van der Waals surface area contributed by atoms with Crippen LogP contribution >= 0.6 is 23.5 Å². The lowest BCUT2D eigenvalue weighted by Crippen LogP contribution is -2.30. The van der Waals surface area contributed by atoms with Crippen LogP contribution in [0.3, 0.4) is 0 Å². The molecule has 0 aliphatic rings. The van der Waals surface area contributed by atoms with Crippen molar-refractivity contribution in [2.24, 2.45) is 0 Å². The van der Waals surface area contributed by atoms with Gasteiger partial charge in [-0.05, 0) is 44.0 Å². The maximum atomic E-state index is 12.3. The average molecular weight is 443 g/mol. The highest BCUT2D eigenvalue weighted by Gasteiger charge is 2.27. The van der Waals surface area contributed by atoms with Crippen LogP contribution in [0.5, 0.6) is 0 Å². The van der Waals surface area contributed by atoms with Crippen molar-refractivity contribution >= 4 is 29.4 Å². The molecule has 3 rings (SSSR count). The van der Waals surface area contributed by atoms with E-state index in [2.05, 4.69) is 76.6 Å². The topological polar surface area (TPSA) is 26.3 Å². The van der Waals surface area contributed by atoms with Crippen molar-refractivity contribution in [1.82, 2.24) is 0 Å². The Morgan fingerprint density at radius 1 is 0.926 bits per heavy atom. The maximum Gasteiger partial charge on any atom is 0.322 e. The Bertz CT molecular complexity index is 838. The Labute approximate surface area is 170 Å². The minimum Gasteiger partial charge on any atom is -0.461 e. The fourth-order valence-corrected chi connectivity index (χ4v) is 5.77. The quantitative estimate of drug-likeness (QED) is 0.300. The molecule has 0 saturated heterocycles. The smallest absolute Gasteiger partial charge is 0.322 e. The number of ether oxygens (including phenoxy) is 1. The van der Waals surface area contributed by atoms with Gasteiger partial charge in [0, 0.05) is 16.8 Å². The molecule has 0 aliphatic carbocycles. The number of hydrogen-bond donors (Lipinski definition) is 0. The van der Waals surface area contributed by atoms with Gasteiger partial charge in [-0.15, -0.1) is 7.53 Å². The average Bonchev–Trinajstić information content (AvgIpc) is 3.05. The highest BCUT2D eigenvalue weighted by atomic mass is 79.9. The van der Waals surface area contributed by atoms with E-state index < -0.39 is 11.9 Å². The Kier molecular flexibility index (Phi) is 6.24. The Hall–Kier alpha value is -1.83. The zero-order chi connectivity index (χ0) is 19.4. The predicted molar refractivity (Wildman–Crippen MR) is 119 cm³/mol. The van der Waals surface area contributed by atoms with E-state index in [9.17, 15) is 4.79 Å². The van der Waals surface area contributed by atoms with E-state index in [1.54, 1.807) is 0 Å². The minimum atomic E-state index is -0.666. The fraction of sp³-hybridized carbons (Fsp3) is 0.261. The standard InChI is InChI=1S/C23H24BrO2P/c1-17(26-22(25)23(2,3)24)16-27-20(18-10-6-4-7-11-18)14-15-21(27)19-12-8-5-9-13-19/h4-15,17H,16H2,1-3H3. The first kappa shape index (κ1) is 19.9. The van der Waals surface area contributed by atoms with Gasteiger partial charge >= 0.3 is 5.97 Å². The van der Waals surface area contributed by atoms with Gasteiger partial charge in [0.1, 0.15) is 10.4 Å². The molecule has 2 nitrogen and oxygen atoms in total. The Morgan fingerprint density at radius 3 is 1.78 bits per heavy atom. The Morgan fingerprint density at radius 2 is 1.37 bits per heavy atom. The molecule has 0 amide bonds. The van der Waals surface area contributed by atoms with Crippen molar-refractivity contribution in [3.05, 3.63) is 72.8 Å². The lowest BCUT2D eigenvalue weighted by atomic mass is 10.2. The van der Waals surface area contributed by atoms with Crippen molar-refractivity contribution in [1.29, 1.82) is 0 Å². The molecule has 0 spiro atoms. The number of rotatable bonds is 6. The van der Waals surface area contributed by atoms with Gasteiger partial charge in [-0.3, -0.25) is 4.79 Å². The van der Waals surface area contributed by atoms with Crippen LogP contribution < -0.4 is 0 Å². The van der Waals surface area contributed by atoms with Gasteiger partial charge in [0.25, 0.3) is 0 Å². The SMILES string of the molecule is CC(Cp1c(-c2ccccc2)ccc1-c1ccccc1)OC(=O)C(C)(C)Br. The molecule has 0 saturated carbocycles. The molecule has 1 heterocycles. The van der Waals surface area contributed by atoms with E-state index in [-0.39, 0.29) is 12.1 Å². The van der Waals surface area contributed by atoms with Crippen LogP contribution in [-0.4, -0.2) is 16.4 Å². The molecule has 27 heavy (non-hydrogen) atoms. The van der Waals surface area contributed by atoms with Gasteiger partial charge in [0.15, 0.2) is 0 Å². The first-order chi connectivity index (χ1) is 12.9. The van der Waals surface area contributed by atoms with E-state index in [0.717, 1.165) is 6.16 Å². The normalized spacial score (nSPS) is 12.6. The van der Waals surface area contributed by atoms with Gasteiger partial charge < -0.3 is 4.74 Å². The maximum absolute atomic E-state index is 12.3. The number of hydrogen-bond acceptors (Lipinski definition) is 2. The molecule has 1 unspecified atom stereocenters. The van der Waals surface area contributed by atoms with Crippen molar-refractivity contribution in [3.8, 4) is 21.7 Å². The summed E-state index contributed by atoms with van der Waals surface area (Å²) in [5.74, 6) is -0.223. The lowest BCUT2D eigenvalue weighted by Gasteiger charge is -2.21. The zero-order valence-corrected chi connectivity index (χ0v) is 18.3. The molecular weight excluding hydrogens is 419 g/mol. The van der Waals surface area contributed by atoms with Crippen molar-refractivity contribution in [3.63, 3.8) is 0 Å². The first-order valence-electron chi connectivity index (χ1n) is 9.06. The summed E-state index contributed by atoms with van der Waals surface area (Å²) in [6.45, 7) is 5.61. The Balaban J connectivity index is 1.96. The molecular formula is C23H24BrO2P. The third-order valence-electron chi connectivity index (χ3n) is 4.35. The molecule has 0 N–H and O–H groups in total. The molecule has 140 valence electrons. The van der Waals surface area contributed by atoms with Crippen molar-refractivity contribution < 1.29 is 9.53 Å². The van der Waals surface area contributed by atoms with Gasteiger partial charge in [-0.2, -0.15) is 0 Å². The van der Waals surface area contributed by atoms with E-state index >= 15 is 0 Å². The second-order valence-electron chi connectivity index (χ2n) is 7.13. The van der Waals surface area contributed by atoms with Crippen LogP contribution in [0.2, 0.25) is 0 Å². The summed E-state index contributed by atoms with van der Waals surface area (Å²) in [7, 11) is -0.601. The predicted octanol–water partition coefficient (Wildman–Crippen LogP) is 7.11. The van der Waals surface area contributed by atoms with Crippen LogP contribution in [-0.2, 0) is 15.7 Å². The number of esters is 1.